The fourth-order valence-electron chi connectivity index (χ4n) is 16.4. The molecule has 10 aliphatic carbocycles. The van der Waals surface area contributed by atoms with Crippen molar-refractivity contribution < 1.29 is 0 Å². The van der Waals surface area contributed by atoms with E-state index in [1.807, 2.05) is 17.2 Å². The first kappa shape index (κ1) is 43.1. The van der Waals surface area contributed by atoms with Crippen LogP contribution in [0.2, 0.25) is 0 Å². The van der Waals surface area contributed by atoms with E-state index < -0.39 is 0 Å². The third-order valence-electron chi connectivity index (χ3n) is 20.2. The van der Waals surface area contributed by atoms with Gasteiger partial charge in [0.25, 0.3) is 0 Å². The molecule has 0 amide bonds. The van der Waals surface area contributed by atoms with Crippen molar-refractivity contribution in [2.45, 2.75) is 170 Å². The first-order valence-corrected chi connectivity index (χ1v) is 24.8. The van der Waals surface area contributed by atoms with Gasteiger partial charge in [-0.05, 0) is 179 Å². The summed E-state index contributed by atoms with van der Waals surface area (Å²) in [6.07, 6.45) is 37.1. The van der Waals surface area contributed by atoms with Crippen molar-refractivity contribution in [3.63, 3.8) is 0 Å². The number of rotatable bonds is 6. The van der Waals surface area contributed by atoms with Crippen molar-refractivity contribution >= 4 is 0 Å². The highest BCUT2D eigenvalue weighted by Crippen LogP contribution is 2.75. The molecule has 0 aromatic heterocycles. The van der Waals surface area contributed by atoms with E-state index in [-0.39, 0.29) is 0 Å². The zero-order valence-electron chi connectivity index (χ0n) is 39.2. The lowest BCUT2D eigenvalue weighted by atomic mass is 9.47. The van der Waals surface area contributed by atoms with Gasteiger partial charge in [0.2, 0.25) is 0 Å². The average molecular weight is 793 g/mol. The standard InChI is InChI=1S/2C26H36.C7H12/c1-17-6-10-24(4)20(14-17)15-19(3)23-21(24)8-11-25(5)22(23)9-13-26(25)12-7-18(2)16-26;1-6-16(2)13-18-7-8-21-24-20-15-19(20)23-14-17(3)9-11-26(23,5)22(24)10-12-25(18,21)4;1-4-6-7(3)5-2/h8,14,19,22-23H,1-2,6-7,9-13,15-16H2,3-5H3;10,14,18-21,24H,2-3,6-9,11-13,15H2,1,4-5H3;5H,2-4,6H2,1H3/t19?,22?,23?,24?,25?,26-;;/m1../s1. The summed E-state index contributed by atoms with van der Waals surface area (Å²) in [6.45, 7) is 42.0. The first-order chi connectivity index (χ1) is 28.0. The fraction of sp³-hybridized carbons (Fsp3) is 0.661. The molecule has 12 unspecified atom stereocenters. The Labute approximate surface area is 363 Å². The van der Waals surface area contributed by atoms with Crippen LogP contribution in [0.3, 0.4) is 0 Å². The number of allylic oxidation sites excluding steroid dienone is 14. The van der Waals surface area contributed by atoms with Gasteiger partial charge in [-0.2, -0.15) is 0 Å². The van der Waals surface area contributed by atoms with Crippen LogP contribution in [0.4, 0.5) is 0 Å². The van der Waals surface area contributed by atoms with Crippen molar-refractivity contribution in [1.29, 1.82) is 0 Å². The smallest absolute Gasteiger partial charge is 0.0104 e. The fourth-order valence-corrected chi connectivity index (χ4v) is 16.4. The van der Waals surface area contributed by atoms with Gasteiger partial charge in [-0.15, -0.1) is 0 Å². The zero-order valence-corrected chi connectivity index (χ0v) is 39.2. The van der Waals surface area contributed by atoms with Crippen molar-refractivity contribution in [2.75, 3.05) is 0 Å². The van der Waals surface area contributed by atoms with Crippen molar-refractivity contribution in [3.8, 4) is 0 Å². The molecule has 59 heavy (non-hydrogen) atoms. The lowest BCUT2D eigenvalue weighted by Gasteiger charge is -2.57. The molecule has 320 valence electrons. The summed E-state index contributed by atoms with van der Waals surface area (Å²) in [6, 6.07) is 0. The predicted octanol–water partition coefficient (Wildman–Crippen LogP) is 17.2. The molecule has 1 spiro atoms. The lowest BCUT2D eigenvalue weighted by molar-refractivity contribution is 0.00757. The molecule has 0 saturated heterocycles. The summed E-state index contributed by atoms with van der Waals surface area (Å²) in [5.74, 6) is 7.00. The number of hydrogen-bond acceptors (Lipinski definition) is 0. The maximum absolute atomic E-state index is 4.38. The largest absolute Gasteiger partial charge is 0.0999 e. The van der Waals surface area contributed by atoms with E-state index in [4.69, 9.17) is 0 Å². The topological polar surface area (TPSA) is 0 Å². The van der Waals surface area contributed by atoms with Gasteiger partial charge in [0.05, 0.1) is 0 Å². The normalized spacial score (nSPS) is 44.5. The SMILES string of the molecule is C=C1C=C2C3CC3C3C(=CCC4(C)C(CC(=C)CC)CCC34)C2(C)CC1.C=C1C=C2CC(C)C3C(=CCC4(C)C3CC[C@@]43CCC(=C)C3)C2(C)CC1.C=CC(=C)CCC. The molecule has 0 heterocycles. The van der Waals surface area contributed by atoms with Gasteiger partial charge in [-0.25, -0.2) is 0 Å². The van der Waals surface area contributed by atoms with E-state index in [0.717, 1.165) is 65.8 Å². The molecule has 0 N–H and O–H groups in total. The Morgan fingerprint density at radius 3 is 2.14 bits per heavy atom. The molecule has 0 nitrogen and oxygen atoms in total. The third-order valence-corrected chi connectivity index (χ3v) is 20.2. The van der Waals surface area contributed by atoms with E-state index in [9.17, 15) is 0 Å². The predicted molar refractivity (Wildman–Crippen MR) is 256 cm³/mol. The van der Waals surface area contributed by atoms with Crippen LogP contribution in [-0.2, 0) is 0 Å². The molecule has 0 aromatic rings. The number of fused-ring (bicyclic) bond motifs is 14. The monoisotopic (exact) mass is 793 g/mol. The minimum absolute atomic E-state index is 0.328. The minimum atomic E-state index is 0.328. The molecule has 0 aliphatic heterocycles. The van der Waals surface area contributed by atoms with Crippen LogP contribution in [0, 0.1) is 74.4 Å². The summed E-state index contributed by atoms with van der Waals surface area (Å²) in [4.78, 5) is 0. The average Bonchev–Trinajstić information content (AvgIpc) is 3.69. The van der Waals surface area contributed by atoms with Gasteiger partial charge in [0.1, 0.15) is 0 Å². The lowest BCUT2D eigenvalue weighted by Crippen LogP contribution is -2.49. The van der Waals surface area contributed by atoms with Gasteiger partial charge < -0.3 is 0 Å². The molecule has 6 fully saturated rings. The summed E-state index contributed by atoms with van der Waals surface area (Å²) in [5, 5.41) is 0. The number of hydrogen-bond donors (Lipinski definition) is 0. The van der Waals surface area contributed by atoms with Crippen molar-refractivity contribution in [3.05, 3.63) is 120 Å². The Kier molecular flexibility index (Phi) is 11.4. The van der Waals surface area contributed by atoms with Crippen LogP contribution in [0.1, 0.15) is 170 Å². The maximum Gasteiger partial charge on any atom is 0.0104 e. The molecular weight excluding hydrogens is 709 g/mol. The van der Waals surface area contributed by atoms with E-state index in [1.54, 1.807) is 11.1 Å². The molecule has 0 radical (unpaired) electrons. The van der Waals surface area contributed by atoms with Crippen molar-refractivity contribution in [1.82, 2.24) is 0 Å². The molecule has 6 saturated carbocycles. The van der Waals surface area contributed by atoms with Crippen LogP contribution in [0.5, 0.6) is 0 Å². The zero-order chi connectivity index (χ0) is 42.3. The van der Waals surface area contributed by atoms with E-state index in [1.165, 1.54) is 131 Å². The summed E-state index contributed by atoms with van der Waals surface area (Å²) in [5.41, 5.74) is 16.3. The molecule has 0 aromatic carbocycles. The third kappa shape index (κ3) is 6.89. The van der Waals surface area contributed by atoms with E-state index in [2.05, 4.69) is 112 Å². The highest BCUT2D eigenvalue weighted by molar-refractivity contribution is 5.48. The molecule has 13 atom stereocenters. The molecule has 0 heteroatoms. The van der Waals surface area contributed by atoms with E-state index in [0.29, 0.717) is 27.1 Å². The van der Waals surface area contributed by atoms with Gasteiger partial charge in [-0.3, -0.25) is 0 Å². The Morgan fingerprint density at radius 1 is 0.780 bits per heavy atom. The molecule has 10 aliphatic rings. The van der Waals surface area contributed by atoms with E-state index >= 15 is 0 Å². The van der Waals surface area contributed by atoms with Gasteiger partial charge >= 0.3 is 0 Å². The van der Waals surface area contributed by atoms with Crippen LogP contribution < -0.4 is 0 Å². The van der Waals surface area contributed by atoms with Gasteiger partial charge in [-0.1, -0.05) is 175 Å². The Balaban J connectivity index is 0.000000142. The van der Waals surface area contributed by atoms with Gasteiger partial charge in [0, 0.05) is 10.8 Å². The van der Waals surface area contributed by atoms with Crippen LogP contribution in [-0.4, -0.2) is 0 Å². The second-order valence-electron chi connectivity index (χ2n) is 23.3. The summed E-state index contributed by atoms with van der Waals surface area (Å²) in [7, 11) is 0. The molecular formula is C59H84. The maximum atomic E-state index is 4.38. The Morgan fingerprint density at radius 2 is 1.47 bits per heavy atom. The summed E-state index contributed by atoms with van der Waals surface area (Å²) < 4.78 is 0. The summed E-state index contributed by atoms with van der Waals surface area (Å²) >= 11 is 0. The van der Waals surface area contributed by atoms with Crippen LogP contribution in [0.25, 0.3) is 0 Å². The van der Waals surface area contributed by atoms with Crippen molar-refractivity contribution in [2.24, 2.45) is 74.4 Å². The molecule has 10 rings (SSSR count). The second-order valence-corrected chi connectivity index (χ2v) is 23.3. The van der Waals surface area contributed by atoms with Gasteiger partial charge in [0.15, 0.2) is 0 Å². The Bertz CT molecular complexity index is 1910. The quantitative estimate of drug-likeness (QED) is 0.186. The van der Waals surface area contributed by atoms with Crippen LogP contribution in [0.15, 0.2) is 120 Å². The first-order valence-electron chi connectivity index (χ1n) is 24.8. The minimum Gasteiger partial charge on any atom is -0.0999 e. The highest BCUT2D eigenvalue weighted by Gasteiger charge is 2.66. The highest BCUT2D eigenvalue weighted by atomic mass is 14.7. The molecule has 0 bridgehead atoms. The Hall–Kier alpha value is -2.60. The van der Waals surface area contributed by atoms with Crippen LogP contribution >= 0.6 is 0 Å². The second kappa shape index (κ2) is 15.6.